The van der Waals surface area contributed by atoms with E-state index in [1.807, 2.05) is 12.1 Å². The molecule has 3 nitrogen and oxygen atoms in total. The first-order valence-corrected chi connectivity index (χ1v) is 7.39. The van der Waals surface area contributed by atoms with Crippen LogP contribution in [-0.4, -0.2) is 24.4 Å². The molecule has 0 aromatic heterocycles. The number of rotatable bonds is 6. The number of benzene rings is 1. The van der Waals surface area contributed by atoms with Crippen molar-refractivity contribution in [2.75, 3.05) is 13.2 Å². The van der Waals surface area contributed by atoms with Crippen molar-refractivity contribution in [2.24, 2.45) is 11.7 Å². The fourth-order valence-corrected chi connectivity index (χ4v) is 2.68. The average Bonchev–Trinajstić information content (AvgIpc) is 2.45. The number of hydrogen-bond donors (Lipinski definition) is 2. The first kappa shape index (κ1) is 14.4. The van der Waals surface area contributed by atoms with Gasteiger partial charge >= 0.3 is 0 Å². The monoisotopic (exact) mass is 263 g/mol. The molecule has 2 unspecified atom stereocenters. The van der Waals surface area contributed by atoms with E-state index in [-0.39, 0.29) is 6.10 Å². The second kappa shape index (κ2) is 7.51. The van der Waals surface area contributed by atoms with E-state index >= 15 is 0 Å². The normalized spacial score (nSPS) is 23.3. The lowest BCUT2D eigenvalue weighted by Crippen LogP contribution is -2.29. The number of aliphatic hydroxyl groups is 1. The van der Waals surface area contributed by atoms with Gasteiger partial charge in [0.2, 0.25) is 0 Å². The number of aliphatic hydroxyl groups excluding tert-OH is 1. The second-order valence-corrected chi connectivity index (χ2v) is 5.46. The zero-order valence-corrected chi connectivity index (χ0v) is 11.6. The highest BCUT2D eigenvalue weighted by Crippen LogP contribution is 2.25. The zero-order valence-electron chi connectivity index (χ0n) is 11.6. The van der Waals surface area contributed by atoms with E-state index < -0.39 is 0 Å². The average molecular weight is 263 g/mol. The number of ether oxygens (including phenoxy) is 1. The van der Waals surface area contributed by atoms with Crippen LogP contribution >= 0.6 is 0 Å². The number of nitrogens with two attached hydrogens (primary N) is 1. The van der Waals surface area contributed by atoms with Crippen LogP contribution in [0.25, 0.3) is 0 Å². The molecule has 1 aromatic rings. The highest BCUT2D eigenvalue weighted by Gasteiger charge is 2.23. The molecule has 0 saturated heterocycles. The maximum Gasteiger partial charge on any atom is 0.119 e. The molecule has 2 rings (SSSR count). The van der Waals surface area contributed by atoms with Crippen LogP contribution in [0.5, 0.6) is 5.75 Å². The Kier molecular flexibility index (Phi) is 5.67. The molecule has 3 N–H and O–H groups in total. The van der Waals surface area contributed by atoms with Crippen molar-refractivity contribution in [3.05, 3.63) is 29.8 Å². The standard InChI is InChI=1S/C16H25NO2/c17-10-4-6-13-5-3-8-15(11-13)19-12-14-7-1-2-9-16(14)18/h3,5,8,11,14,16,18H,1-2,4,6-7,9-10,12,17H2. The molecule has 19 heavy (non-hydrogen) atoms. The Morgan fingerprint density at radius 2 is 2.11 bits per heavy atom. The third-order valence-electron chi connectivity index (χ3n) is 3.90. The van der Waals surface area contributed by atoms with E-state index in [0.29, 0.717) is 12.5 Å². The largest absolute Gasteiger partial charge is 0.493 e. The predicted octanol–water partition coefficient (Wildman–Crippen LogP) is 2.51. The summed E-state index contributed by atoms with van der Waals surface area (Å²) in [5.41, 5.74) is 6.80. The van der Waals surface area contributed by atoms with Crippen LogP contribution in [0.1, 0.15) is 37.7 Å². The van der Waals surface area contributed by atoms with E-state index in [2.05, 4.69) is 12.1 Å². The minimum Gasteiger partial charge on any atom is -0.493 e. The Balaban J connectivity index is 1.84. The first-order valence-electron chi connectivity index (χ1n) is 7.39. The van der Waals surface area contributed by atoms with E-state index in [4.69, 9.17) is 10.5 Å². The molecule has 0 amide bonds. The van der Waals surface area contributed by atoms with Gasteiger partial charge in [-0.3, -0.25) is 0 Å². The van der Waals surface area contributed by atoms with Gasteiger partial charge < -0.3 is 15.6 Å². The van der Waals surface area contributed by atoms with Crippen LogP contribution in [0, 0.1) is 5.92 Å². The smallest absolute Gasteiger partial charge is 0.119 e. The summed E-state index contributed by atoms with van der Waals surface area (Å²) in [6.07, 6.45) is 6.17. The van der Waals surface area contributed by atoms with Crippen molar-refractivity contribution in [3.8, 4) is 5.75 Å². The van der Waals surface area contributed by atoms with Crippen LogP contribution in [0.4, 0.5) is 0 Å². The molecule has 1 saturated carbocycles. The molecule has 1 fully saturated rings. The van der Waals surface area contributed by atoms with E-state index in [1.54, 1.807) is 0 Å². The Morgan fingerprint density at radius 1 is 1.26 bits per heavy atom. The highest BCUT2D eigenvalue weighted by molar-refractivity contribution is 5.28. The molecule has 3 heteroatoms. The molecule has 2 atom stereocenters. The zero-order chi connectivity index (χ0) is 13.5. The minimum atomic E-state index is -0.186. The quantitative estimate of drug-likeness (QED) is 0.829. The van der Waals surface area contributed by atoms with E-state index in [9.17, 15) is 5.11 Å². The molecule has 106 valence electrons. The third kappa shape index (κ3) is 4.51. The van der Waals surface area contributed by atoms with Crippen LogP contribution in [0.2, 0.25) is 0 Å². The molecule has 0 aliphatic heterocycles. The molecule has 1 aliphatic carbocycles. The maximum absolute atomic E-state index is 9.92. The van der Waals surface area contributed by atoms with Crippen molar-refractivity contribution < 1.29 is 9.84 Å². The lowest BCUT2D eigenvalue weighted by atomic mass is 9.87. The van der Waals surface area contributed by atoms with Crippen LogP contribution in [0.15, 0.2) is 24.3 Å². The molecular formula is C16H25NO2. The van der Waals surface area contributed by atoms with Gasteiger partial charge in [-0.15, -0.1) is 0 Å². The molecule has 1 aliphatic rings. The summed E-state index contributed by atoms with van der Waals surface area (Å²) in [5.74, 6) is 1.20. The highest BCUT2D eigenvalue weighted by atomic mass is 16.5. The van der Waals surface area contributed by atoms with E-state index in [0.717, 1.165) is 44.4 Å². The van der Waals surface area contributed by atoms with E-state index in [1.165, 1.54) is 12.0 Å². The summed E-state index contributed by atoms with van der Waals surface area (Å²) in [5, 5.41) is 9.92. The van der Waals surface area contributed by atoms with Crippen LogP contribution in [0.3, 0.4) is 0 Å². The van der Waals surface area contributed by atoms with Crippen LogP contribution < -0.4 is 10.5 Å². The predicted molar refractivity (Wildman–Crippen MR) is 77.3 cm³/mol. The lowest BCUT2D eigenvalue weighted by molar-refractivity contribution is 0.0422. The first-order chi connectivity index (χ1) is 9.29. The van der Waals surface area contributed by atoms with Gasteiger partial charge in [-0.2, -0.15) is 0 Å². The summed E-state index contributed by atoms with van der Waals surface area (Å²) in [7, 11) is 0. The van der Waals surface area contributed by atoms with Crippen molar-refractivity contribution in [2.45, 2.75) is 44.6 Å². The molecule has 0 heterocycles. The van der Waals surface area contributed by atoms with Gasteiger partial charge in [0.25, 0.3) is 0 Å². The summed E-state index contributed by atoms with van der Waals surface area (Å²) in [6, 6.07) is 8.21. The Labute approximate surface area is 115 Å². The Bertz CT molecular complexity index is 381. The summed E-state index contributed by atoms with van der Waals surface area (Å²) < 4.78 is 5.85. The molecule has 0 spiro atoms. The van der Waals surface area contributed by atoms with Crippen molar-refractivity contribution in [1.29, 1.82) is 0 Å². The van der Waals surface area contributed by atoms with Gasteiger partial charge in [-0.25, -0.2) is 0 Å². The number of hydrogen-bond acceptors (Lipinski definition) is 3. The van der Waals surface area contributed by atoms with Gasteiger partial charge in [0, 0.05) is 5.92 Å². The number of aryl methyl sites for hydroxylation is 1. The third-order valence-corrected chi connectivity index (χ3v) is 3.90. The summed E-state index contributed by atoms with van der Waals surface area (Å²) >= 11 is 0. The van der Waals surface area contributed by atoms with Gasteiger partial charge in [0.05, 0.1) is 12.7 Å². The van der Waals surface area contributed by atoms with Gasteiger partial charge in [0.15, 0.2) is 0 Å². The lowest BCUT2D eigenvalue weighted by Gasteiger charge is -2.27. The van der Waals surface area contributed by atoms with Gasteiger partial charge in [-0.1, -0.05) is 25.0 Å². The van der Waals surface area contributed by atoms with Crippen LogP contribution in [-0.2, 0) is 6.42 Å². The minimum absolute atomic E-state index is 0.186. The Hall–Kier alpha value is -1.06. The van der Waals surface area contributed by atoms with Crippen molar-refractivity contribution in [3.63, 3.8) is 0 Å². The second-order valence-electron chi connectivity index (χ2n) is 5.46. The Morgan fingerprint density at radius 3 is 2.89 bits per heavy atom. The van der Waals surface area contributed by atoms with Crippen molar-refractivity contribution in [1.82, 2.24) is 0 Å². The fourth-order valence-electron chi connectivity index (χ4n) is 2.68. The maximum atomic E-state index is 9.92. The fraction of sp³-hybridized carbons (Fsp3) is 0.625. The molecule has 0 bridgehead atoms. The summed E-state index contributed by atoms with van der Waals surface area (Å²) in [6.45, 7) is 1.35. The molecular weight excluding hydrogens is 238 g/mol. The SMILES string of the molecule is NCCCc1cccc(OCC2CCCCC2O)c1. The summed E-state index contributed by atoms with van der Waals surface area (Å²) in [4.78, 5) is 0. The van der Waals surface area contributed by atoms with Crippen molar-refractivity contribution >= 4 is 0 Å². The van der Waals surface area contributed by atoms with Gasteiger partial charge in [0.1, 0.15) is 5.75 Å². The van der Waals surface area contributed by atoms with Gasteiger partial charge in [-0.05, 0) is 49.9 Å². The molecule has 0 radical (unpaired) electrons. The topological polar surface area (TPSA) is 55.5 Å². The molecule has 1 aromatic carbocycles.